The van der Waals surface area contributed by atoms with Crippen molar-refractivity contribution in [1.29, 1.82) is 0 Å². The summed E-state index contributed by atoms with van der Waals surface area (Å²) in [5.74, 6) is 4.29. The minimum Gasteiger partial charge on any atom is -1.00 e. The molecule has 0 bridgehead atoms. The van der Waals surface area contributed by atoms with E-state index in [-0.39, 0.29) is 76.3 Å². The van der Waals surface area contributed by atoms with Crippen molar-refractivity contribution in [1.82, 2.24) is 0 Å². The van der Waals surface area contributed by atoms with Gasteiger partial charge in [-0.2, -0.15) is 5.90 Å². The molecule has 0 saturated carbocycles. The van der Waals surface area contributed by atoms with Gasteiger partial charge in [0.2, 0.25) is 0 Å². The molecule has 0 radical (unpaired) electrons. The minimum absolute atomic E-state index is 0. The Labute approximate surface area is 122 Å². The zero-order valence-corrected chi connectivity index (χ0v) is 13.0. The van der Waals surface area contributed by atoms with Gasteiger partial charge >= 0.3 is 74.9 Å². The summed E-state index contributed by atoms with van der Waals surface area (Å²) in [7, 11) is 0. The Morgan fingerprint density at radius 1 is 1.60 bits per heavy atom. The van der Waals surface area contributed by atoms with Crippen LogP contribution in [0.3, 0.4) is 0 Å². The molecule has 0 unspecified atom stereocenters. The molecule has 0 spiro atoms. The van der Waals surface area contributed by atoms with Crippen LogP contribution < -0.4 is 74.8 Å². The van der Waals surface area contributed by atoms with Crippen molar-refractivity contribution in [2.24, 2.45) is 5.90 Å². The molecule has 0 amide bonds. The third kappa shape index (κ3) is 9.48. The van der Waals surface area contributed by atoms with Crippen molar-refractivity contribution < 1.29 is 80.0 Å². The smallest absolute Gasteiger partial charge is 1.00 e. The van der Waals surface area contributed by atoms with E-state index in [1.54, 1.807) is 0 Å². The summed E-state index contributed by atoms with van der Waals surface area (Å²) >= 11 is 0. The van der Waals surface area contributed by atoms with Crippen molar-refractivity contribution in [2.45, 2.75) is 32.6 Å². The first-order chi connectivity index (χ1) is 4.31. The van der Waals surface area contributed by atoms with Crippen LogP contribution in [0.5, 0.6) is 0 Å². The van der Waals surface area contributed by atoms with Crippen LogP contribution in [0.15, 0.2) is 0 Å². The van der Waals surface area contributed by atoms with Gasteiger partial charge < -0.3 is 6.26 Å². The average molecular weight is 265 g/mol. The first kappa shape index (κ1) is 14.0. The van der Waals surface area contributed by atoms with Crippen LogP contribution in [0, 0.1) is 0 Å². The van der Waals surface area contributed by atoms with E-state index in [9.17, 15) is 4.79 Å². The van der Waals surface area contributed by atoms with Crippen LogP contribution in [0.4, 0.5) is 0 Å². The molecule has 0 aliphatic heterocycles. The van der Waals surface area contributed by atoms with E-state index in [2.05, 4.69) is 17.7 Å². The van der Waals surface area contributed by atoms with Crippen LogP contribution in [0.25, 0.3) is 0 Å². The van der Waals surface area contributed by atoms with Gasteiger partial charge in [0, 0.05) is 6.42 Å². The zero-order valence-electron chi connectivity index (χ0n) is 7.72. The number of hydrogen-bond acceptors (Lipinski definition) is 3. The Balaban J connectivity index is -0.000000320. The van der Waals surface area contributed by atoms with Gasteiger partial charge in [0.05, 0.1) is 0 Å². The number of hydrogen-bond donors (Lipinski definition) is 1. The zero-order chi connectivity index (χ0) is 7.11. The van der Waals surface area contributed by atoms with Gasteiger partial charge in [-0.05, 0) is 6.42 Å². The molecule has 2 N–H and O–H groups in total. The van der Waals surface area contributed by atoms with E-state index >= 15 is 0 Å². The van der Waals surface area contributed by atoms with Gasteiger partial charge in [-0.1, -0.05) is 19.8 Å². The molecule has 0 atom stereocenters. The minimum atomic E-state index is -0.316. The molecule has 0 rings (SSSR count). The molecule has 10 heavy (non-hydrogen) atoms. The fraction of sp³-hybridized carbons (Fsp3) is 0.833. The monoisotopic (exact) mass is 265 g/mol. The molecule has 0 aromatic carbocycles. The summed E-state index contributed by atoms with van der Waals surface area (Å²) in [6.45, 7) is 2.08. The van der Waals surface area contributed by atoms with Crippen LogP contribution in [-0.4, -0.2) is 5.97 Å². The molecule has 4 heteroatoms. The number of nitrogens with two attached hydrogens (primary N) is 1. The van der Waals surface area contributed by atoms with Crippen molar-refractivity contribution in [2.75, 3.05) is 0 Å². The molecule has 0 aromatic rings. The number of carbonyl (C=O) groups is 1. The summed E-state index contributed by atoms with van der Waals surface area (Å²) in [6.07, 6.45) is 3.50. The summed E-state index contributed by atoms with van der Waals surface area (Å²) in [5, 5.41) is 0. The summed E-state index contributed by atoms with van der Waals surface area (Å²) in [6, 6.07) is 0. The van der Waals surface area contributed by atoms with E-state index < -0.39 is 0 Å². The predicted molar refractivity (Wildman–Crippen MR) is 35.5 cm³/mol. The maximum Gasteiger partial charge on any atom is 1.00 e. The summed E-state index contributed by atoms with van der Waals surface area (Å²) < 4.78 is 0. The third-order valence-electron chi connectivity index (χ3n) is 1.12. The van der Waals surface area contributed by atoms with Crippen LogP contribution >= 0.6 is 0 Å². The van der Waals surface area contributed by atoms with Gasteiger partial charge in [-0.15, -0.1) is 0 Å². The third-order valence-corrected chi connectivity index (χ3v) is 1.12. The van der Waals surface area contributed by atoms with Crippen molar-refractivity contribution in [3.63, 3.8) is 0 Å². The van der Waals surface area contributed by atoms with Gasteiger partial charge in [0.15, 0.2) is 0 Å². The molecule has 56 valence electrons. The Kier molecular flexibility index (Phi) is 14.7. The second-order valence-electron chi connectivity index (χ2n) is 1.95. The van der Waals surface area contributed by atoms with E-state index in [0.717, 1.165) is 19.3 Å². The van der Waals surface area contributed by atoms with E-state index in [4.69, 9.17) is 0 Å². The van der Waals surface area contributed by atoms with Crippen LogP contribution in [-0.2, 0) is 9.63 Å². The quantitative estimate of drug-likeness (QED) is 0.477. The standard InChI is InChI=1S/C6H13NO2.Cs.H/c1-2-3-4-5-6(8)9-7;;/h2-5,7H2,1H3;;/q;+1;-1. The van der Waals surface area contributed by atoms with Crippen LogP contribution in [0.2, 0.25) is 0 Å². The van der Waals surface area contributed by atoms with Crippen LogP contribution in [0.1, 0.15) is 34.0 Å². The van der Waals surface area contributed by atoms with Crippen molar-refractivity contribution >= 4 is 5.97 Å². The molecule has 0 saturated heterocycles. The summed E-state index contributed by atoms with van der Waals surface area (Å²) in [4.78, 5) is 14.3. The van der Waals surface area contributed by atoms with Crippen molar-refractivity contribution in [3.8, 4) is 0 Å². The maximum atomic E-state index is 10.3. The molecular formula is C6H14CsNO2. The van der Waals surface area contributed by atoms with Gasteiger partial charge in [-0.25, -0.2) is 0 Å². The van der Waals surface area contributed by atoms with E-state index in [1.807, 2.05) is 0 Å². The topological polar surface area (TPSA) is 52.3 Å². The molecular weight excluding hydrogens is 251 g/mol. The molecule has 3 nitrogen and oxygen atoms in total. The van der Waals surface area contributed by atoms with Gasteiger partial charge in [-0.3, -0.25) is 4.79 Å². The summed E-state index contributed by atoms with van der Waals surface area (Å²) in [5.41, 5.74) is 0. The largest absolute Gasteiger partial charge is 1.00 e. The fourth-order valence-electron chi connectivity index (χ4n) is 0.578. The average Bonchev–Trinajstić information content (AvgIpc) is 1.89. The van der Waals surface area contributed by atoms with E-state index in [1.165, 1.54) is 0 Å². The molecule has 0 heterocycles. The first-order valence-electron chi connectivity index (χ1n) is 3.20. The Hall–Kier alpha value is 1.48. The maximum absolute atomic E-state index is 10.3. The van der Waals surface area contributed by atoms with Gasteiger partial charge in [0.25, 0.3) is 0 Å². The molecule has 0 aliphatic carbocycles. The number of rotatable bonds is 4. The molecule has 0 aliphatic rings. The number of unbranched alkanes of at least 4 members (excludes halogenated alkanes) is 2. The molecule has 0 aromatic heterocycles. The Bertz CT molecular complexity index is 92.7. The first-order valence-corrected chi connectivity index (χ1v) is 3.20. The molecule has 0 fully saturated rings. The van der Waals surface area contributed by atoms with E-state index in [0.29, 0.717) is 6.42 Å². The second kappa shape index (κ2) is 10.5. The fourth-order valence-corrected chi connectivity index (χ4v) is 0.578. The Morgan fingerprint density at radius 2 is 2.20 bits per heavy atom. The predicted octanol–water partition coefficient (Wildman–Crippen LogP) is -1.90. The Morgan fingerprint density at radius 3 is 2.60 bits per heavy atom. The number of carbonyl (C=O) groups excluding carboxylic acids is 1. The SMILES string of the molecule is CCCCCC(=O)ON.[Cs+].[H-]. The normalized spacial score (nSPS) is 8.20. The second-order valence-corrected chi connectivity index (χ2v) is 1.95. The van der Waals surface area contributed by atoms with Crippen molar-refractivity contribution in [3.05, 3.63) is 0 Å². The van der Waals surface area contributed by atoms with Gasteiger partial charge in [0.1, 0.15) is 0 Å².